The van der Waals surface area contributed by atoms with Crippen molar-refractivity contribution in [2.75, 3.05) is 6.61 Å². The highest BCUT2D eigenvalue weighted by molar-refractivity contribution is 5.66. The Hall–Kier alpha value is -1.65. The van der Waals surface area contributed by atoms with Crippen molar-refractivity contribution in [3.05, 3.63) is 29.3 Å². The molecule has 0 saturated carbocycles. The van der Waals surface area contributed by atoms with Crippen LogP contribution >= 0.6 is 0 Å². The first-order chi connectivity index (χ1) is 8.88. The second-order valence-electron chi connectivity index (χ2n) is 5.03. The van der Waals surface area contributed by atoms with E-state index < -0.39 is 24.2 Å². The van der Waals surface area contributed by atoms with Crippen molar-refractivity contribution in [2.24, 2.45) is 5.92 Å². The van der Waals surface area contributed by atoms with Crippen LogP contribution < -0.4 is 4.74 Å². The predicted octanol–water partition coefficient (Wildman–Crippen LogP) is 3.21. The highest BCUT2D eigenvalue weighted by atomic mass is 19.3. The molecule has 1 heterocycles. The van der Waals surface area contributed by atoms with Crippen LogP contribution in [-0.4, -0.2) is 17.7 Å². The summed E-state index contributed by atoms with van der Waals surface area (Å²) in [5, 5.41) is 8.62. The molecule has 0 spiro atoms. The van der Waals surface area contributed by atoms with Crippen LogP contribution in [0.5, 0.6) is 5.75 Å². The third kappa shape index (κ3) is 3.22. The van der Waals surface area contributed by atoms with Gasteiger partial charge >= 0.3 is 5.97 Å². The van der Waals surface area contributed by atoms with Gasteiger partial charge in [-0.05, 0) is 29.7 Å². The molecule has 0 aliphatic carbocycles. The van der Waals surface area contributed by atoms with Crippen LogP contribution in [0.15, 0.2) is 18.2 Å². The summed E-state index contributed by atoms with van der Waals surface area (Å²) in [5.74, 6) is -3.97. The van der Waals surface area contributed by atoms with E-state index in [0.717, 1.165) is 5.56 Å². The van der Waals surface area contributed by atoms with Crippen LogP contribution in [0.25, 0.3) is 0 Å². The number of alkyl halides is 2. The van der Waals surface area contributed by atoms with Gasteiger partial charge in [-0.3, -0.25) is 4.79 Å². The molecule has 1 aliphatic heterocycles. The van der Waals surface area contributed by atoms with Gasteiger partial charge in [-0.15, -0.1) is 0 Å². The maximum atomic E-state index is 14.1. The Labute approximate surface area is 110 Å². The standard InChI is InChI=1S/C14H16F2O3/c1-9(6-13(17)18)8-14(15,16)11-2-3-12-10(7-11)4-5-19-12/h2-3,7,9H,4-6,8H2,1H3,(H,17,18). The first-order valence-electron chi connectivity index (χ1n) is 6.24. The third-order valence-electron chi connectivity index (χ3n) is 3.24. The highest BCUT2D eigenvalue weighted by Crippen LogP contribution is 2.38. The van der Waals surface area contributed by atoms with Crippen molar-refractivity contribution in [2.45, 2.75) is 32.1 Å². The van der Waals surface area contributed by atoms with Crippen molar-refractivity contribution in [3.63, 3.8) is 0 Å². The number of fused-ring (bicyclic) bond motifs is 1. The van der Waals surface area contributed by atoms with Crippen molar-refractivity contribution < 1.29 is 23.4 Å². The van der Waals surface area contributed by atoms with E-state index >= 15 is 0 Å². The minimum absolute atomic E-state index is 0.0611. The van der Waals surface area contributed by atoms with Crippen LogP contribution in [0.2, 0.25) is 0 Å². The zero-order valence-corrected chi connectivity index (χ0v) is 10.7. The van der Waals surface area contributed by atoms with Gasteiger partial charge in [0.2, 0.25) is 0 Å². The highest BCUT2D eigenvalue weighted by Gasteiger charge is 2.34. The van der Waals surface area contributed by atoms with Crippen molar-refractivity contribution >= 4 is 5.97 Å². The fourth-order valence-corrected chi connectivity index (χ4v) is 2.34. The molecule has 1 N–H and O–H groups in total. The number of carbonyl (C=O) groups is 1. The average Bonchev–Trinajstić information content (AvgIpc) is 2.73. The number of carboxylic acids is 1. The molecular weight excluding hydrogens is 254 g/mol. The van der Waals surface area contributed by atoms with Crippen LogP contribution in [0.3, 0.4) is 0 Å². The number of benzene rings is 1. The molecule has 5 heteroatoms. The quantitative estimate of drug-likeness (QED) is 0.893. The largest absolute Gasteiger partial charge is 0.493 e. The number of aliphatic carboxylic acids is 1. The van der Waals surface area contributed by atoms with E-state index in [4.69, 9.17) is 9.84 Å². The molecule has 0 fully saturated rings. The third-order valence-corrected chi connectivity index (χ3v) is 3.24. The Balaban J connectivity index is 2.12. The molecule has 1 aromatic carbocycles. The SMILES string of the molecule is CC(CC(=O)O)CC(F)(F)c1ccc2c(c1)CCO2. The first kappa shape index (κ1) is 13.8. The minimum Gasteiger partial charge on any atom is -0.493 e. The smallest absolute Gasteiger partial charge is 0.303 e. The van der Waals surface area contributed by atoms with Crippen LogP contribution in [0.1, 0.15) is 30.9 Å². The molecule has 3 nitrogen and oxygen atoms in total. The molecule has 1 atom stereocenters. The van der Waals surface area contributed by atoms with Crippen LogP contribution in [0, 0.1) is 5.92 Å². The lowest BCUT2D eigenvalue weighted by molar-refractivity contribution is -0.138. The molecular formula is C14H16F2O3. The van der Waals surface area contributed by atoms with Gasteiger partial charge in [0.05, 0.1) is 6.61 Å². The maximum absolute atomic E-state index is 14.1. The summed E-state index contributed by atoms with van der Waals surface area (Å²) in [4.78, 5) is 10.5. The summed E-state index contributed by atoms with van der Waals surface area (Å²) in [5.41, 5.74) is 0.733. The van der Waals surface area contributed by atoms with E-state index in [2.05, 4.69) is 0 Å². The van der Waals surface area contributed by atoms with E-state index in [0.29, 0.717) is 18.8 Å². The molecule has 0 radical (unpaired) electrons. The zero-order chi connectivity index (χ0) is 14.0. The summed E-state index contributed by atoms with van der Waals surface area (Å²) < 4.78 is 33.5. The molecule has 0 bridgehead atoms. The van der Waals surface area contributed by atoms with Gasteiger partial charge in [-0.2, -0.15) is 0 Å². The monoisotopic (exact) mass is 270 g/mol. The number of rotatable bonds is 5. The lowest BCUT2D eigenvalue weighted by Crippen LogP contribution is -2.19. The molecule has 19 heavy (non-hydrogen) atoms. The fraction of sp³-hybridized carbons (Fsp3) is 0.500. The lowest BCUT2D eigenvalue weighted by atomic mass is 9.94. The molecule has 1 aromatic rings. The normalized spacial score (nSPS) is 15.7. The molecule has 2 rings (SSSR count). The van der Waals surface area contributed by atoms with Gasteiger partial charge in [0.25, 0.3) is 5.92 Å². The summed E-state index contributed by atoms with van der Waals surface area (Å²) in [6, 6.07) is 4.39. The number of halogens is 2. The topological polar surface area (TPSA) is 46.5 Å². The van der Waals surface area contributed by atoms with Gasteiger partial charge in [0.15, 0.2) is 0 Å². The van der Waals surface area contributed by atoms with Gasteiger partial charge in [0, 0.05) is 24.8 Å². The minimum atomic E-state index is -3.01. The molecule has 1 aliphatic rings. The van der Waals surface area contributed by atoms with Gasteiger partial charge in [0.1, 0.15) is 5.75 Å². The average molecular weight is 270 g/mol. The summed E-state index contributed by atoms with van der Waals surface area (Å²) >= 11 is 0. The van der Waals surface area contributed by atoms with Crippen molar-refractivity contribution in [3.8, 4) is 5.75 Å². The van der Waals surface area contributed by atoms with E-state index in [9.17, 15) is 13.6 Å². The van der Waals surface area contributed by atoms with E-state index in [-0.39, 0.29) is 12.0 Å². The molecule has 0 saturated heterocycles. The Morgan fingerprint density at radius 3 is 2.95 bits per heavy atom. The Morgan fingerprint density at radius 1 is 1.53 bits per heavy atom. The van der Waals surface area contributed by atoms with Crippen LogP contribution in [0.4, 0.5) is 8.78 Å². The van der Waals surface area contributed by atoms with E-state index in [1.807, 2.05) is 0 Å². The number of ether oxygens (including phenoxy) is 1. The lowest BCUT2D eigenvalue weighted by Gasteiger charge is -2.20. The van der Waals surface area contributed by atoms with E-state index in [1.54, 1.807) is 6.07 Å². The molecule has 1 unspecified atom stereocenters. The van der Waals surface area contributed by atoms with Gasteiger partial charge < -0.3 is 9.84 Å². The maximum Gasteiger partial charge on any atom is 0.303 e. The summed E-state index contributed by atoms with van der Waals surface area (Å²) in [7, 11) is 0. The Morgan fingerprint density at radius 2 is 2.26 bits per heavy atom. The summed E-state index contributed by atoms with van der Waals surface area (Å²) in [6.07, 6.45) is -0.0630. The number of carboxylic acid groups (broad SMARTS) is 1. The van der Waals surface area contributed by atoms with Crippen molar-refractivity contribution in [1.82, 2.24) is 0 Å². The fourth-order valence-electron chi connectivity index (χ4n) is 2.34. The van der Waals surface area contributed by atoms with Gasteiger partial charge in [-0.25, -0.2) is 8.78 Å². The molecule has 0 aromatic heterocycles. The number of hydrogen-bond acceptors (Lipinski definition) is 2. The van der Waals surface area contributed by atoms with E-state index in [1.165, 1.54) is 19.1 Å². The first-order valence-corrected chi connectivity index (χ1v) is 6.24. The summed E-state index contributed by atoms with van der Waals surface area (Å²) in [6.45, 7) is 2.05. The number of hydrogen-bond donors (Lipinski definition) is 1. The molecule has 104 valence electrons. The Bertz CT molecular complexity index is 486. The molecule has 0 amide bonds. The van der Waals surface area contributed by atoms with Crippen LogP contribution in [-0.2, 0) is 17.1 Å². The second-order valence-corrected chi connectivity index (χ2v) is 5.03. The second kappa shape index (κ2) is 5.15. The zero-order valence-electron chi connectivity index (χ0n) is 10.7. The predicted molar refractivity (Wildman–Crippen MR) is 65.6 cm³/mol. The Kier molecular flexibility index (Phi) is 3.73. The van der Waals surface area contributed by atoms with Gasteiger partial charge in [-0.1, -0.05) is 6.92 Å². The van der Waals surface area contributed by atoms with Crippen molar-refractivity contribution in [1.29, 1.82) is 0 Å².